The number of aromatic nitrogens is 2. The molecule has 0 spiro atoms. The van der Waals surface area contributed by atoms with Gasteiger partial charge in [0, 0.05) is 18.8 Å². The van der Waals surface area contributed by atoms with E-state index >= 15 is 0 Å². The lowest BCUT2D eigenvalue weighted by Gasteiger charge is -2.04. The van der Waals surface area contributed by atoms with E-state index in [9.17, 15) is 22.8 Å². The second-order valence-electron chi connectivity index (χ2n) is 4.53. The molecule has 1 aromatic carbocycles. The number of amides is 2. The van der Waals surface area contributed by atoms with Crippen molar-refractivity contribution in [3.8, 4) is 11.3 Å². The summed E-state index contributed by atoms with van der Waals surface area (Å²) in [6.45, 7) is 0. The second kappa shape index (κ2) is 4.18. The first kappa shape index (κ1) is 13.3. The number of halogens is 3. The lowest BCUT2D eigenvalue weighted by molar-refractivity contribution is -0.144. The number of alkyl halides is 3. The molecular formula is C13H8F3N3O2. The number of nitrogens with zero attached hydrogens (tertiary/aromatic N) is 2. The Bertz CT molecular complexity index is 764. The first-order valence-corrected chi connectivity index (χ1v) is 5.89. The summed E-state index contributed by atoms with van der Waals surface area (Å²) in [6.07, 6.45) is -3.54. The van der Waals surface area contributed by atoms with E-state index in [4.69, 9.17) is 0 Å². The first-order chi connectivity index (χ1) is 9.80. The molecule has 2 heterocycles. The standard InChI is InChI=1S/C13H8F3N3O2/c1-19-10(20)7-4-2-3-6(9(7)11(19)21)8-5-17-12(18-8)13(14,15)16/h2-5H,1H3,(H,17,18). The van der Waals surface area contributed by atoms with Crippen LogP contribution in [0.4, 0.5) is 13.2 Å². The topological polar surface area (TPSA) is 66.1 Å². The van der Waals surface area contributed by atoms with Crippen molar-refractivity contribution in [2.24, 2.45) is 0 Å². The smallest absolute Gasteiger partial charge is 0.340 e. The van der Waals surface area contributed by atoms with E-state index in [-0.39, 0.29) is 22.4 Å². The number of aromatic amines is 1. The van der Waals surface area contributed by atoms with E-state index in [1.165, 1.54) is 25.2 Å². The minimum absolute atomic E-state index is 0.0318. The molecule has 1 N–H and O–H groups in total. The van der Waals surface area contributed by atoms with Crippen LogP contribution < -0.4 is 0 Å². The van der Waals surface area contributed by atoms with E-state index in [1.807, 2.05) is 4.98 Å². The predicted molar refractivity (Wildman–Crippen MR) is 65.4 cm³/mol. The number of imide groups is 1. The maximum absolute atomic E-state index is 12.6. The molecule has 1 aromatic heterocycles. The summed E-state index contributed by atoms with van der Waals surface area (Å²) in [7, 11) is 1.32. The molecule has 0 radical (unpaired) electrons. The Labute approximate surface area is 116 Å². The van der Waals surface area contributed by atoms with Gasteiger partial charge in [-0.25, -0.2) is 4.98 Å². The van der Waals surface area contributed by atoms with Crippen LogP contribution >= 0.6 is 0 Å². The average Bonchev–Trinajstić information content (AvgIpc) is 3.00. The molecule has 0 fully saturated rings. The third kappa shape index (κ3) is 1.91. The molecule has 1 aliphatic rings. The Morgan fingerprint density at radius 3 is 2.43 bits per heavy atom. The Morgan fingerprint density at radius 2 is 1.81 bits per heavy atom. The predicted octanol–water partition coefficient (Wildman–Crippen LogP) is 2.32. The summed E-state index contributed by atoms with van der Waals surface area (Å²) in [5, 5.41) is 0. The second-order valence-corrected chi connectivity index (χ2v) is 4.53. The quantitative estimate of drug-likeness (QED) is 0.821. The Hall–Kier alpha value is -2.64. The van der Waals surface area contributed by atoms with Crippen molar-refractivity contribution >= 4 is 11.8 Å². The van der Waals surface area contributed by atoms with Gasteiger partial charge < -0.3 is 4.98 Å². The third-order valence-corrected chi connectivity index (χ3v) is 3.24. The summed E-state index contributed by atoms with van der Waals surface area (Å²) < 4.78 is 37.7. The zero-order valence-corrected chi connectivity index (χ0v) is 10.7. The van der Waals surface area contributed by atoms with E-state index in [2.05, 4.69) is 4.98 Å². The van der Waals surface area contributed by atoms with Crippen molar-refractivity contribution in [3.05, 3.63) is 41.3 Å². The maximum atomic E-state index is 12.6. The molecule has 0 unspecified atom stereocenters. The number of hydrogen-bond donors (Lipinski definition) is 1. The van der Waals surface area contributed by atoms with Crippen molar-refractivity contribution in [3.63, 3.8) is 0 Å². The molecule has 1 aliphatic heterocycles. The lowest BCUT2D eigenvalue weighted by atomic mass is 10.0. The van der Waals surface area contributed by atoms with Gasteiger partial charge in [-0.1, -0.05) is 12.1 Å². The number of fused-ring (bicyclic) bond motifs is 1. The fourth-order valence-electron chi connectivity index (χ4n) is 2.22. The average molecular weight is 295 g/mol. The zero-order chi connectivity index (χ0) is 15.4. The fourth-order valence-corrected chi connectivity index (χ4v) is 2.22. The molecule has 2 amide bonds. The number of H-pyrrole nitrogens is 1. The number of carbonyl (C=O) groups excluding carboxylic acids is 2. The molecule has 0 saturated carbocycles. The molecular weight excluding hydrogens is 287 g/mol. The van der Waals surface area contributed by atoms with E-state index < -0.39 is 23.8 Å². The van der Waals surface area contributed by atoms with Crippen LogP contribution in [0.3, 0.4) is 0 Å². The molecule has 0 atom stereocenters. The van der Waals surface area contributed by atoms with Gasteiger partial charge >= 0.3 is 6.18 Å². The summed E-state index contributed by atoms with van der Waals surface area (Å²) in [4.78, 5) is 30.3. The van der Waals surface area contributed by atoms with Gasteiger partial charge in [0.25, 0.3) is 11.8 Å². The van der Waals surface area contributed by atoms with E-state index in [0.717, 1.165) is 11.1 Å². The Balaban J connectivity index is 2.16. The van der Waals surface area contributed by atoms with Gasteiger partial charge in [-0.05, 0) is 6.07 Å². The van der Waals surface area contributed by atoms with Gasteiger partial charge in [0.15, 0.2) is 0 Å². The minimum Gasteiger partial charge on any atom is -0.340 e. The molecule has 0 saturated heterocycles. The number of benzene rings is 1. The normalized spacial score (nSPS) is 14.8. The van der Waals surface area contributed by atoms with Crippen molar-refractivity contribution in [1.29, 1.82) is 0 Å². The van der Waals surface area contributed by atoms with Crippen LogP contribution in [0.2, 0.25) is 0 Å². The third-order valence-electron chi connectivity index (χ3n) is 3.24. The number of carbonyl (C=O) groups is 2. The van der Waals surface area contributed by atoms with Crippen molar-refractivity contribution < 1.29 is 22.8 Å². The van der Waals surface area contributed by atoms with Crippen LogP contribution in [-0.2, 0) is 6.18 Å². The number of imidazole rings is 1. The monoisotopic (exact) mass is 295 g/mol. The molecule has 8 heteroatoms. The number of nitrogens with one attached hydrogen (secondary N) is 1. The molecule has 21 heavy (non-hydrogen) atoms. The van der Waals surface area contributed by atoms with E-state index in [1.54, 1.807) is 0 Å². The molecule has 0 bridgehead atoms. The van der Waals surface area contributed by atoms with Gasteiger partial charge in [0.05, 0.1) is 16.8 Å². The van der Waals surface area contributed by atoms with Crippen LogP contribution in [0, 0.1) is 0 Å². The maximum Gasteiger partial charge on any atom is 0.449 e. The molecule has 5 nitrogen and oxygen atoms in total. The van der Waals surface area contributed by atoms with Crippen LogP contribution in [0.1, 0.15) is 26.5 Å². The highest BCUT2D eigenvalue weighted by Crippen LogP contribution is 2.33. The van der Waals surface area contributed by atoms with Crippen LogP contribution in [0.15, 0.2) is 24.4 Å². The Kier molecular flexibility index (Phi) is 2.65. The fraction of sp³-hybridized carbons (Fsp3) is 0.154. The van der Waals surface area contributed by atoms with Crippen molar-refractivity contribution in [2.45, 2.75) is 6.18 Å². The molecule has 3 rings (SSSR count). The van der Waals surface area contributed by atoms with Crippen molar-refractivity contribution in [1.82, 2.24) is 14.9 Å². The highest BCUT2D eigenvalue weighted by atomic mass is 19.4. The molecule has 0 aliphatic carbocycles. The van der Waals surface area contributed by atoms with Gasteiger partial charge in [-0.2, -0.15) is 13.2 Å². The minimum atomic E-state index is -4.60. The summed E-state index contributed by atoms with van der Waals surface area (Å²) in [5.74, 6) is -2.19. The Morgan fingerprint density at radius 1 is 1.14 bits per heavy atom. The van der Waals surface area contributed by atoms with Crippen LogP contribution in [0.25, 0.3) is 11.3 Å². The molecule has 2 aromatic rings. The lowest BCUT2D eigenvalue weighted by Crippen LogP contribution is -2.24. The number of rotatable bonds is 1. The van der Waals surface area contributed by atoms with E-state index in [0.29, 0.717) is 0 Å². The van der Waals surface area contributed by atoms with Gasteiger partial charge in [-0.15, -0.1) is 0 Å². The number of hydrogen-bond acceptors (Lipinski definition) is 3. The van der Waals surface area contributed by atoms with Crippen molar-refractivity contribution in [2.75, 3.05) is 7.05 Å². The highest BCUT2D eigenvalue weighted by molar-refractivity contribution is 6.23. The first-order valence-electron chi connectivity index (χ1n) is 5.89. The summed E-state index contributed by atoms with van der Waals surface area (Å²) in [6, 6.07) is 4.42. The summed E-state index contributed by atoms with van der Waals surface area (Å²) in [5.41, 5.74) is 0.402. The van der Waals surface area contributed by atoms with Crippen LogP contribution in [0.5, 0.6) is 0 Å². The van der Waals surface area contributed by atoms with Crippen LogP contribution in [-0.4, -0.2) is 33.7 Å². The zero-order valence-electron chi connectivity index (χ0n) is 10.7. The van der Waals surface area contributed by atoms with Gasteiger partial charge in [0.2, 0.25) is 5.82 Å². The highest BCUT2D eigenvalue weighted by Gasteiger charge is 2.37. The van der Waals surface area contributed by atoms with Gasteiger partial charge in [0.1, 0.15) is 0 Å². The largest absolute Gasteiger partial charge is 0.449 e. The SMILES string of the molecule is CN1C(=O)c2cccc(-c3c[nH]c(C(F)(F)F)n3)c2C1=O. The molecule has 108 valence electrons. The summed E-state index contributed by atoms with van der Waals surface area (Å²) >= 11 is 0. The van der Waals surface area contributed by atoms with Gasteiger partial charge in [-0.3, -0.25) is 14.5 Å².